The van der Waals surface area contributed by atoms with Gasteiger partial charge in [0.05, 0.1) is 0 Å². The smallest absolute Gasteiger partial charge is 0.407 e. The molecule has 0 aromatic heterocycles. The number of hydrogen-bond acceptors (Lipinski definition) is 7. The van der Waals surface area contributed by atoms with Crippen LogP contribution in [0, 0.1) is 5.92 Å². The van der Waals surface area contributed by atoms with Crippen molar-refractivity contribution in [2.24, 2.45) is 11.7 Å². The van der Waals surface area contributed by atoms with Crippen molar-refractivity contribution < 1.29 is 33.4 Å². The molecule has 0 aromatic carbocycles. The molecule has 2 aliphatic carbocycles. The minimum absolute atomic E-state index is 0. The Labute approximate surface area is 184 Å². The van der Waals surface area contributed by atoms with E-state index in [1.54, 1.807) is 20.8 Å². The number of carbonyl (C=O) groups excluding carboxylic acids is 4. The van der Waals surface area contributed by atoms with Crippen LogP contribution in [0.15, 0.2) is 0 Å². The minimum atomic E-state index is -0.489. The standard InChI is InChI=1S/C10H18N2O3.C10H17NO4.CH4/c1-10(2,3)15-9(14)12-7-4-6(5-7)8(11)13;1-10(2,3)15-9(13)11-7-4-8(5-7)14-6-12;/h6-7H,4-5H2,1-3H3,(H2,11,13)(H,12,14);6-8H,4-5H2,1-3H3,(H,11,13);1H4. The fourth-order valence-electron chi connectivity index (χ4n) is 2.79. The van der Waals surface area contributed by atoms with Crippen LogP contribution in [0.25, 0.3) is 0 Å². The number of nitrogens with one attached hydrogen (secondary N) is 2. The lowest BCUT2D eigenvalue weighted by Crippen LogP contribution is -2.49. The second-order valence-electron chi connectivity index (χ2n) is 9.58. The van der Waals surface area contributed by atoms with Gasteiger partial charge in [0.25, 0.3) is 6.47 Å². The van der Waals surface area contributed by atoms with Crippen LogP contribution in [-0.2, 0) is 23.8 Å². The number of carbonyl (C=O) groups is 4. The first kappa shape index (κ1) is 28.5. The van der Waals surface area contributed by atoms with Gasteiger partial charge in [-0.2, -0.15) is 0 Å². The molecule has 180 valence electrons. The van der Waals surface area contributed by atoms with Gasteiger partial charge < -0.3 is 30.6 Å². The van der Waals surface area contributed by atoms with Crippen molar-refractivity contribution >= 4 is 24.6 Å². The molecule has 10 nitrogen and oxygen atoms in total. The lowest BCUT2D eigenvalue weighted by atomic mass is 9.80. The molecule has 0 atom stereocenters. The Morgan fingerprint density at radius 3 is 1.55 bits per heavy atom. The van der Waals surface area contributed by atoms with E-state index in [1.807, 2.05) is 20.8 Å². The number of ether oxygens (including phenoxy) is 3. The van der Waals surface area contributed by atoms with Crippen LogP contribution >= 0.6 is 0 Å². The van der Waals surface area contributed by atoms with E-state index in [9.17, 15) is 19.2 Å². The summed E-state index contributed by atoms with van der Waals surface area (Å²) in [5, 5.41) is 5.39. The summed E-state index contributed by atoms with van der Waals surface area (Å²) in [6.45, 7) is 11.3. The highest BCUT2D eigenvalue weighted by atomic mass is 16.6. The first-order valence-electron chi connectivity index (χ1n) is 10.1. The van der Waals surface area contributed by atoms with Gasteiger partial charge in [0.15, 0.2) is 0 Å². The number of amides is 3. The van der Waals surface area contributed by atoms with Crippen LogP contribution in [0.3, 0.4) is 0 Å². The minimum Gasteiger partial charge on any atom is -0.464 e. The molecule has 3 amide bonds. The number of hydrogen-bond donors (Lipinski definition) is 3. The zero-order valence-corrected chi connectivity index (χ0v) is 18.7. The first-order chi connectivity index (χ1) is 13.7. The zero-order chi connectivity index (χ0) is 23.1. The molecule has 0 radical (unpaired) electrons. The van der Waals surface area contributed by atoms with E-state index < -0.39 is 23.4 Å². The Balaban J connectivity index is 0.000000562. The average molecular weight is 446 g/mol. The first-order valence-corrected chi connectivity index (χ1v) is 10.1. The normalized spacial score (nSPS) is 24.3. The SMILES string of the molecule is C.CC(C)(C)OC(=O)NC1CC(C(N)=O)C1.CC(C)(C)OC(=O)NC1CC(OC=O)C1. The van der Waals surface area contributed by atoms with Gasteiger partial charge in [-0.15, -0.1) is 0 Å². The van der Waals surface area contributed by atoms with Crippen LogP contribution in [0.5, 0.6) is 0 Å². The molecule has 0 aromatic rings. The fourth-order valence-corrected chi connectivity index (χ4v) is 2.79. The van der Waals surface area contributed by atoms with Crippen LogP contribution in [0.1, 0.15) is 74.7 Å². The van der Waals surface area contributed by atoms with Gasteiger partial charge in [-0.05, 0) is 54.4 Å². The number of nitrogens with two attached hydrogens (primary N) is 1. The number of alkyl carbamates (subject to hydrolysis) is 2. The van der Waals surface area contributed by atoms with Crippen molar-refractivity contribution in [1.82, 2.24) is 10.6 Å². The zero-order valence-electron chi connectivity index (χ0n) is 18.7. The monoisotopic (exact) mass is 445 g/mol. The topological polar surface area (TPSA) is 146 Å². The maximum atomic E-state index is 11.3. The third kappa shape index (κ3) is 12.0. The summed E-state index contributed by atoms with van der Waals surface area (Å²) >= 11 is 0. The quantitative estimate of drug-likeness (QED) is 0.435. The summed E-state index contributed by atoms with van der Waals surface area (Å²) in [6.07, 6.45) is 1.66. The Bertz CT molecular complexity index is 613. The summed E-state index contributed by atoms with van der Waals surface area (Å²) in [7, 11) is 0. The Morgan fingerprint density at radius 2 is 1.23 bits per heavy atom. The second-order valence-corrected chi connectivity index (χ2v) is 9.58. The van der Waals surface area contributed by atoms with E-state index in [0.717, 1.165) is 0 Å². The molecule has 4 N–H and O–H groups in total. The van der Waals surface area contributed by atoms with Crippen LogP contribution < -0.4 is 16.4 Å². The summed E-state index contributed by atoms with van der Waals surface area (Å²) in [6, 6.07) is 0.0853. The molecule has 0 spiro atoms. The van der Waals surface area contributed by atoms with E-state index in [0.29, 0.717) is 32.2 Å². The lowest BCUT2D eigenvalue weighted by molar-refractivity contribution is -0.138. The highest BCUT2D eigenvalue weighted by Crippen LogP contribution is 2.27. The van der Waals surface area contributed by atoms with Crippen molar-refractivity contribution in [3.8, 4) is 0 Å². The third-order valence-corrected chi connectivity index (χ3v) is 4.32. The molecule has 2 fully saturated rings. The van der Waals surface area contributed by atoms with Crippen LogP contribution in [0.2, 0.25) is 0 Å². The molecule has 2 saturated carbocycles. The average Bonchev–Trinajstić information content (AvgIpc) is 2.45. The molecule has 2 aliphatic rings. The van der Waals surface area contributed by atoms with Crippen LogP contribution in [-0.4, -0.2) is 54.0 Å². The van der Waals surface area contributed by atoms with E-state index in [2.05, 4.69) is 10.6 Å². The lowest BCUT2D eigenvalue weighted by Gasteiger charge is -2.34. The van der Waals surface area contributed by atoms with Crippen molar-refractivity contribution in [2.75, 3.05) is 0 Å². The largest absolute Gasteiger partial charge is 0.464 e. The predicted octanol–water partition coefficient (Wildman–Crippen LogP) is 2.63. The van der Waals surface area contributed by atoms with Gasteiger partial charge in [0.2, 0.25) is 5.91 Å². The molecule has 0 heterocycles. The Hall–Kier alpha value is -2.52. The number of primary amides is 1. The highest BCUT2D eigenvalue weighted by molar-refractivity contribution is 5.78. The van der Waals surface area contributed by atoms with Gasteiger partial charge >= 0.3 is 12.2 Å². The maximum absolute atomic E-state index is 11.3. The van der Waals surface area contributed by atoms with E-state index in [4.69, 9.17) is 19.9 Å². The highest BCUT2D eigenvalue weighted by Gasteiger charge is 2.35. The molecule has 31 heavy (non-hydrogen) atoms. The van der Waals surface area contributed by atoms with E-state index in [-0.39, 0.29) is 37.4 Å². The number of rotatable bonds is 5. The fraction of sp³-hybridized carbons (Fsp3) is 0.810. The van der Waals surface area contributed by atoms with E-state index in [1.165, 1.54) is 0 Å². The Morgan fingerprint density at radius 1 is 0.839 bits per heavy atom. The summed E-state index contributed by atoms with van der Waals surface area (Å²) in [4.78, 5) is 43.3. The van der Waals surface area contributed by atoms with Crippen molar-refractivity contribution in [3.63, 3.8) is 0 Å². The van der Waals surface area contributed by atoms with Gasteiger partial charge in [-0.3, -0.25) is 9.59 Å². The van der Waals surface area contributed by atoms with Crippen molar-refractivity contribution in [3.05, 3.63) is 0 Å². The van der Waals surface area contributed by atoms with Gasteiger partial charge in [0.1, 0.15) is 17.3 Å². The summed E-state index contributed by atoms with van der Waals surface area (Å²) < 4.78 is 14.9. The molecular formula is C21H39N3O7. The molecule has 0 unspecified atom stereocenters. The van der Waals surface area contributed by atoms with Crippen LogP contribution in [0.4, 0.5) is 9.59 Å². The Kier molecular flexibility index (Phi) is 10.8. The molecule has 10 heteroatoms. The predicted molar refractivity (Wildman–Crippen MR) is 115 cm³/mol. The van der Waals surface area contributed by atoms with Gasteiger partial charge in [-0.1, -0.05) is 7.43 Å². The maximum Gasteiger partial charge on any atom is 0.407 e. The van der Waals surface area contributed by atoms with Gasteiger partial charge in [0, 0.05) is 30.8 Å². The molecule has 0 saturated heterocycles. The van der Waals surface area contributed by atoms with Gasteiger partial charge in [-0.25, -0.2) is 9.59 Å². The van der Waals surface area contributed by atoms with Crippen molar-refractivity contribution in [2.45, 2.75) is 104 Å². The third-order valence-electron chi connectivity index (χ3n) is 4.32. The van der Waals surface area contributed by atoms with E-state index >= 15 is 0 Å². The molecular weight excluding hydrogens is 406 g/mol. The molecule has 0 bridgehead atoms. The molecule has 0 aliphatic heterocycles. The summed E-state index contributed by atoms with van der Waals surface area (Å²) in [5.74, 6) is -0.387. The molecule has 2 rings (SSSR count). The second kappa shape index (κ2) is 11.8. The summed E-state index contributed by atoms with van der Waals surface area (Å²) in [5.41, 5.74) is 4.14. The van der Waals surface area contributed by atoms with Crippen molar-refractivity contribution in [1.29, 1.82) is 0 Å².